The monoisotopic (exact) mass is 256 g/mol. The first-order valence-electron chi connectivity index (χ1n) is 6.32. The minimum Gasteiger partial charge on any atom is -0.497 e. The van der Waals surface area contributed by atoms with Crippen molar-refractivity contribution >= 4 is 11.4 Å². The van der Waals surface area contributed by atoms with Crippen molar-refractivity contribution in [3.05, 3.63) is 54.1 Å². The Morgan fingerprint density at radius 2 is 1.42 bits per heavy atom. The summed E-state index contributed by atoms with van der Waals surface area (Å²) < 4.78 is 5.14. The van der Waals surface area contributed by atoms with E-state index in [1.54, 1.807) is 7.11 Å². The van der Waals surface area contributed by atoms with Crippen LogP contribution in [0.2, 0.25) is 0 Å². The normalized spacial score (nSPS) is 10.5. The molecule has 2 rings (SSSR count). The third kappa shape index (κ3) is 4.00. The summed E-state index contributed by atoms with van der Waals surface area (Å²) in [7, 11) is 5.82. The Labute approximate surface area is 114 Å². The molecule has 0 aliphatic rings. The summed E-state index contributed by atoms with van der Waals surface area (Å²) in [6.45, 7) is 0.961. The van der Waals surface area contributed by atoms with Crippen molar-refractivity contribution in [3.8, 4) is 5.75 Å². The summed E-state index contributed by atoms with van der Waals surface area (Å²) in [5.74, 6) is 0.867. The van der Waals surface area contributed by atoms with E-state index in [-0.39, 0.29) is 0 Å². The van der Waals surface area contributed by atoms with Gasteiger partial charge in [-0.1, -0.05) is 12.1 Å². The molecule has 0 spiro atoms. The quantitative estimate of drug-likeness (QED) is 0.886. The predicted octanol–water partition coefficient (Wildman–Crippen LogP) is 3.50. The van der Waals surface area contributed by atoms with Crippen LogP contribution in [-0.2, 0) is 6.54 Å². The number of benzene rings is 2. The minimum absolute atomic E-state index is 0.867. The van der Waals surface area contributed by atoms with E-state index in [4.69, 9.17) is 4.74 Å². The molecule has 1 N–H and O–H groups in total. The molecular formula is C16H20N2O. The summed E-state index contributed by atoms with van der Waals surface area (Å²) in [4.78, 5) is 2.16. The van der Waals surface area contributed by atoms with Gasteiger partial charge in [0.1, 0.15) is 5.75 Å². The number of nitrogens with one attached hydrogen (secondary N) is 1. The van der Waals surface area contributed by atoms with Crippen LogP contribution in [0, 0.1) is 0 Å². The third-order valence-electron chi connectivity index (χ3n) is 2.83. The van der Waals surface area contributed by atoms with E-state index in [0.29, 0.717) is 0 Å². The van der Waals surface area contributed by atoms with Crippen molar-refractivity contribution < 1.29 is 4.74 Å². The van der Waals surface area contributed by atoms with Crippen LogP contribution in [0.5, 0.6) is 5.75 Å². The smallest absolute Gasteiger partial charge is 0.119 e. The predicted molar refractivity (Wildman–Crippen MR) is 80.1 cm³/mol. The van der Waals surface area contributed by atoms with Gasteiger partial charge in [0.15, 0.2) is 0 Å². The van der Waals surface area contributed by atoms with Crippen LogP contribution in [0.15, 0.2) is 48.5 Å². The highest BCUT2D eigenvalue weighted by Crippen LogP contribution is 2.20. The van der Waals surface area contributed by atoms with Gasteiger partial charge in [-0.2, -0.15) is 0 Å². The molecule has 0 atom stereocenters. The van der Waals surface area contributed by atoms with Crippen LogP contribution < -0.4 is 10.1 Å². The first-order valence-corrected chi connectivity index (χ1v) is 6.32. The van der Waals surface area contributed by atoms with E-state index in [1.807, 2.05) is 24.3 Å². The second kappa shape index (κ2) is 6.25. The third-order valence-corrected chi connectivity index (χ3v) is 2.83. The molecule has 0 aromatic heterocycles. The highest BCUT2D eigenvalue weighted by atomic mass is 16.5. The van der Waals surface area contributed by atoms with Crippen molar-refractivity contribution in [3.63, 3.8) is 0 Å². The van der Waals surface area contributed by atoms with Crippen LogP contribution in [0.3, 0.4) is 0 Å². The first kappa shape index (κ1) is 13.4. The zero-order valence-electron chi connectivity index (χ0n) is 11.7. The molecule has 19 heavy (non-hydrogen) atoms. The van der Waals surface area contributed by atoms with Gasteiger partial charge in [-0.15, -0.1) is 0 Å². The summed E-state index contributed by atoms with van der Waals surface area (Å²) >= 11 is 0. The molecule has 0 heterocycles. The Hall–Kier alpha value is -2.00. The maximum Gasteiger partial charge on any atom is 0.119 e. The molecule has 100 valence electrons. The Morgan fingerprint density at radius 1 is 0.895 bits per heavy atom. The molecule has 2 aromatic carbocycles. The average molecular weight is 256 g/mol. The fourth-order valence-corrected chi connectivity index (χ4v) is 1.90. The van der Waals surface area contributed by atoms with E-state index in [1.165, 1.54) is 5.56 Å². The zero-order valence-corrected chi connectivity index (χ0v) is 11.7. The van der Waals surface area contributed by atoms with E-state index < -0.39 is 0 Å². The first-order chi connectivity index (χ1) is 9.17. The standard InChI is InChI=1S/C16H20N2O/c1-18(2)12-13-4-6-14(7-5-13)17-15-8-10-16(19-3)11-9-15/h4-11,17H,12H2,1-3H3. The second-order valence-corrected chi connectivity index (χ2v) is 4.79. The van der Waals surface area contributed by atoms with Gasteiger partial charge in [0.25, 0.3) is 0 Å². The van der Waals surface area contributed by atoms with E-state index in [2.05, 4.69) is 48.6 Å². The number of hydrogen-bond donors (Lipinski definition) is 1. The lowest BCUT2D eigenvalue weighted by Gasteiger charge is -2.11. The molecule has 0 bridgehead atoms. The highest BCUT2D eigenvalue weighted by molar-refractivity contribution is 5.60. The molecule has 0 fully saturated rings. The van der Waals surface area contributed by atoms with E-state index in [9.17, 15) is 0 Å². The summed E-state index contributed by atoms with van der Waals surface area (Å²) in [5, 5.41) is 3.37. The molecule has 0 unspecified atom stereocenters. The van der Waals surface area contributed by atoms with Gasteiger partial charge in [0.2, 0.25) is 0 Å². The van der Waals surface area contributed by atoms with Crippen molar-refractivity contribution in [2.45, 2.75) is 6.54 Å². The van der Waals surface area contributed by atoms with E-state index in [0.717, 1.165) is 23.7 Å². The molecule has 2 aromatic rings. The Bertz CT molecular complexity index is 503. The van der Waals surface area contributed by atoms with E-state index >= 15 is 0 Å². The zero-order chi connectivity index (χ0) is 13.7. The lowest BCUT2D eigenvalue weighted by molar-refractivity contribution is 0.402. The fraction of sp³-hybridized carbons (Fsp3) is 0.250. The lowest BCUT2D eigenvalue weighted by atomic mass is 10.2. The molecule has 3 heteroatoms. The number of hydrogen-bond acceptors (Lipinski definition) is 3. The summed E-state index contributed by atoms with van der Waals surface area (Å²) in [5.41, 5.74) is 3.46. The van der Waals surface area contributed by atoms with Crippen molar-refractivity contribution in [2.24, 2.45) is 0 Å². The van der Waals surface area contributed by atoms with Crippen LogP contribution in [0.25, 0.3) is 0 Å². The number of anilines is 2. The van der Waals surface area contributed by atoms with Crippen LogP contribution in [-0.4, -0.2) is 26.1 Å². The lowest BCUT2D eigenvalue weighted by Crippen LogP contribution is -2.10. The minimum atomic E-state index is 0.867. The largest absolute Gasteiger partial charge is 0.497 e. The maximum absolute atomic E-state index is 5.14. The Morgan fingerprint density at radius 3 is 1.89 bits per heavy atom. The van der Waals surface area contributed by atoms with Crippen LogP contribution >= 0.6 is 0 Å². The summed E-state index contributed by atoms with van der Waals surface area (Å²) in [6.07, 6.45) is 0. The number of methoxy groups -OCH3 is 1. The Kier molecular flexibility index (Phi) is 4.42. The number of rotatable bonds is 5. The molecule has 0 aliphatic carbocycles. The van der Waals surface area contributed by atoms with Gasteiger partial charge in [0.05, 0.1) is 7.11 Å². The molecule has 0 aliphatic heterocycles. The van der Waals surface area contributed by atoms with Crippen molar-refractivity contribution in [1.82, 2.24) is 4.90 Å². The van der Waals surface area contributed by atoms with Gasteiger partial charge in [-0.05, 0) is 56.1 Å². The molecule has 0 saturated heterocycles. The molecule has 0 saturated carbocycles. The molecule has 0 radical (unpaired) electrons. The molecule has 3 nitrogen and oxygen atoms in total. The number of nitrogens with zero attached hydrogens (tertiary/aromatic N) is 1. The molecule has 0 amide bonds. The fourth-order valence-electron chi connectivity index (χ4n) is 1.90. The average Bonchev–Trinajstić information content (AvgIpc) is 2.41. The highest BCUT2D eigenvalue weighted by Gasteiger charge is 1.98. The van der Waals surface area contributed by atoms with Crippen LogP contribution in [0.4, 0.5) is 11.4 Å². The summed E-state index contributed by atoms with van der Waals surface area (Å²) in [6, 6.07) is 16.4. The van der Waals surface area contributed by atoms with Gasteiger partial charge < -0.3 is 15.0 Å². The van der Waals surface area contributed by atoms with Crippen LogP contribution in [0.1, 0.15) is 5.56 Å². The topological polar surface area (TPSA) is 24.5 Å². The SMILES string of the molecule is COc1ccc(Nc2ccc(CN(C)C)cc2)cc1. The van der Waals surface area contributed by atoms with Gasteiger partial charge >= 0.3 is 0 Å². The Balaban J connectivity index is 2.02. The van der Waals surface area contributed by atoms with Gasteiger partial charge in [0, 0.05) is 17.9 Å². The molecular weight excluding hydrogens is 236 g/mol. The van der Waals surface area contributed by atoms with Gasteiger partial charge in [-0.25, -0.2) is 0 Å². The number of ether oxygens (including phenoxy) is 1. The van der Waals surface area contributed by atoms with Crippen molar-refractivity contribution in [2.75, 3.05) is 26.5 Å². The van der Waals surface area contributed by atoms with Crippen molar-refractivity contribution in [1.29, 1.82) is 0 Å². The van der Waals surface area contributed by atoms with Gasteiger partial charge in [-0.3, -0.25) is 0 Å². The second-order valence-electron chi connectivity index (χ2n) is 4.79. The maximum atomic E-state index is 5.14.